The first kappa shape index (κ1) is 16.3. The second kappa shape index (κ2) is 5.83. The van der Waals surface area contributed by atoms with E-state index < -0.39 is 11.7 Å². The number of nitrogen functional groups attached to an aromatic ring is 1. The number of rotatable bonds is 2. The van der Waals surface area contributed by atoms with Crippen LogP contribution < -0.4 is 11.3 Å². The first-order valence-electron chi connectivity index (χ1n) is 6.86. The summed E-state index contributed by atoms with van der Waals surface area (Å²) in [4.78, 5) is 16.6. The van der Waals surface area contributed by atoms with E-state index in [4.69, 9.17) is 17.3 Å². The molecule has 0 spiro atoms. The van der Waals surface area contributed by atoms with Gasteiger partial charge in [0.15, 0.2) is 0 Å². The van der Waals surface area contributed by atoms with Gasteiger partial charge in [0.05, 0.1) is 34.4 Å². The summed E-state index contributed by atoms with van der Waals surface area (Å²) in [6, 6.07) is 8.25. The number of anilines is 1. The number of nitrogens with zero attached hydrogens (tertiary/aromatic N) is 2. The molecule has 3 rings (SSSR count). The monoisotopic (exact) mass is 353 g/mol. The Balaban J connectivity index is 2.05. The van der Waals surface area contributed by atoms with Crippen LogP contribution in [-0.4, -0.2) is 9.55 Å². The van der Waals surface area contributed by atoms with Gasteiger partial charge in [-0.1, -0.05) is 17.7 Å². The molecule has 0 aliphatic carbocycles. The average molecular weight is 354 g/mol. The van der Waals surface area contributed by atoms with Crippen molar-refractivity contribution in [1.29, 1.82) is 0 Å². The van der Waals surface area contributed by atoms with E-state index in [2.05, 4.69) is 4.98 Å². The molecule has 0 saturated heterocycles. The van der Waals surface area contributed by atoms with Crippen LogP contribution in [0.2, 0.25) is 5.02 Å². The summed E-state index contributed by atoms with van der Waals surface area (Å²) in [6.07, 6.45) is -3.27. The molecule has 24 heavy (non-hydrogen) atoms. The van der Waals surface area contributed by atoms with E-state index >= 15 is 0 Å². The first-order chi connectivity index (χ1) is 11.3. The van der Waals surface area contributed by atoms with Gasteiger partial charge in [0.2, 0.25) is 0 Å². The average Bonchev–Trinajstić information content (AvgIpc) is 2.51. The molecule has 1 heterocycles. The van der Waals surface area contributed by atoms with Crippen LogP contribution in [-0.2, 0) is 12.7 Å². The van der Waals surface area contributed by atoms with Gasteiger partial charge in [0, 0.05) is 5.69 Å². The standard InChI is InChI=1S/C16H11ClF3N3O/c17-13-3-1-9(5-12(13)16(18,19)20)7-23-8-22-14-4-2-10(21)6-11(14)15(23)24/h1-6,8H,7,21H2. The number of hydrogen-bond donors (Lipinski definition) is 1. The van der Waals surface area contributed by atoms with Gasteiger partial charge in [-0.05, 0) is 35.9 Å². The van der Waals surface area contributed by atoms with Gasteiger partial charge in [0.25, 0.3) is 5.56 Å². The third kappa shape index (κ3) is 3.07. The number of benzene rings is 2. The second-order valence-electron chi connectivity index (χ2n) is 5.27. The zero-order valence-corrected chi connectivity index (χ0v) is 12.9. The van der Waals surface area contributed by atoms with Crippen LogP contribution in [0.25, 0.3) is 10.9 Å². The molecule has 2 aromatic carbocycles. The van der Waals surface area contributed by atoms with E-state index in [1.54, 1.807) is 12.1 Å². The van der Waals surface area contributed by atoms with Gasteiger partial charge in [-0.15, -0.1) is 0 Å². The highest BCUT2D eigenvalue weighted by molar-refractivity contribution is 6.31. The van der Waals surface area contributed by atoms with E-state index in [1.807, 2.05) is 0 Å². The third-order valence-electron chi connectivity index (χ3n) is 3.54. The van der Waals surface area contributed by atoms with Gasteiger partial charge in [-0.2, -0.15) is 13.2 Å². The Morgan fingerprint density at radius 1 is 1.17 bits per heavy atom. The van der Waals surface area contributed by atoms with Crippen molar-refractivity contribution in [3.8, 4) is 0 Å². The molecule has 3 aromatic rings. The molecule has 8 heteroatoms. The summed E-state index contributed by atoms with van der Waals surface area (Å²) in [6.45, 7) is -0.0587. The quantitative estimate of drug-likeness (QED) is 0.715. The topological polar surface area (TPSA) is 60.9 Å². The summed E-state index contributed by atoms with van der Waals surface area (Å²) < 4.78 is 40.0. The molecule has 0 aliphatic rings. The number of aromatic nitrogens is 2. The van der Waals surface area contributed by atoms with Crippen molar-refractivity contribution in [1.82, 2.24) is 9.55 Å². The second-order valence-corrected chi connectivity index (χ2v) is 5.67. The van der Waals surface area contributed by atoms with Crippen LogP contribution in [0.4, 0.5) is 18.9 Å². The van der Waals surface area contributed by atoms with Gasteiger partial charge in [0.1, 0.15) is 0 Å². The number of fused-ring (bicyclic) bond motifs is 1. The Bertz CT molecular complexity index is 982. The summed E-state index contributed by atoms with van der Waals surface area (Å²) in [5.74, 6) is 0. The zero-order chi connectivity index (χ0) is 17.5. The van der Waals surface area contributed by atoms with E-state index in [9.17, 15) is 18.0 Å². The molecule has 0 bridgehead atoms. The molecule has 4 nitrogen and oxygen atoms in total. The minimum atomic E-state index is -4.56. The van der Waals surface area contributed by atoms with Gasteiger partial charge >= 0.3 is 6.18 Å². The van der Waals surface area contributed by atoms with E-state index in [1.165, 1.54) is 23.0 Å². The predicted octanol–water partition coefficient (Wildman–Crippen LogP) is 3.70. The summed E-state index contributed by atoms with van der Waals surface area (Å²) in [5, 5.41) is -0.0782. The lowest BCUT2D eigenvalue weighted by molar-refractivity contribution is -0.137. The Hall–Kier alpha value is -2.54. The molecule has 124 valence electrons. The molecule has 0 unspecified atom stereocenters. The largest absolute Gasteiger partial charge is 0.417 e. The van der Waals surface area contributed by atoms with Crippen molar-refractivity contribution >= 4 is 28.2 Å². The predicted molar refractivity (Wildman–Crippen MR) is 86.0 cm³/mol. The molecule has 2 N–H and O–H groups in total. The minimum absolute atomic E-state index is 0.0587. The first-order valence-corrected chi connectivity index (χ1v) is 7.24. The van der Waals surface area contributed by atoms with Crippen LogP contribution in [0.3, 0.4) is 0 Å². The fourth-order valence-corrected chi connectivity index (χ4v) is 2.60. The lowest BCUT2D eigenvalue weighted by atomic mass is 10.1. The van der Waals surface area contributed by atoms with Gasteiger partial charge in [-0.3, -0.25) is 9.36 Å². The highest BCUT2D eigenvalue weighted by Gasteiger charge is 2.33. The van der Waals surface area contributed by atoms with Crippen molar-refractivity contribution in [2.75, 3.05) is 5.73 Å². The van der Waals surface area contributed by atoms with E-state index in [-0.39, 0.29) is 17.1 Å². The normalized spacial score (nSPS) is 11.8. The fourth-order valence-electron chi connectivity index (χ4n) is 2.37. The van der Waals surface area contributed by atoms with Crippen LogP contribution in [0.5, 0.6) is 0 Å². The van der Waals surface area contributed by atoms with Crippen molar-refractivity contribution in [3.63, 3.8) is 0 Å². The smallest absolute Gasteiger partial charge is 0.399 e. The highest BCUT2D eigenvalue weighted by atomic mass is 35.5. The molecular weight excluding hydrogens is 343 g/mol. The molecule has 0 amide bonds. The van der Waals surface area contributed by atoms with Crippen LogP contribution in [0.15, 0.2) is 47.5 Å². The SMILES string of the molecule is Nc1ccc2ncn(Cc3ccc(Cl)c(C(F)(F)F)c3)c(=O)c2c1. The maximum absolute atomic E-state index is 12.9. The van der Waals surface area contributed by atoms with Crippen LogP contribution >= 0.6 is 11.6 Å². The van der Waals surface area contributed by atoms with Gasteiger partial charge in [-0.25, -0.2) is 4.98 Å². The summed E-state index contributed by atoms with van der Waals surface area (Å²) in [7, 11) is 0. The summed E-state index contributed by atoms with van der Waals surface area (Å²) >= 11 is 5.60. The lowest BCUT2D eigenvalue weighted by Gasteiger charge is -2.12. The molecule has 0 saturated carbocycles. The Kier molecular flexibility index (Phi) is 3.96. The van der Waals surface area contributed by atoms with Crippen LogP contribution in [0, 0.1) is 0 Å². The maximum Gasteiger partial charge on any atom is 0.417 e. The number of hydrogen-bond acceptors (Lipinski definition) is 3. The third-order valence-corrected chi connectivity index (χ3v) is 3.87. The molecule has 0 atom stereocenters. The zero-order valence-electron chi connectivity index (χ0n) is 12.1. The number of nitrogens with two attached hydrogens (primary N) is 1. The van der Waals surface area contributed by atoms with E-state index in [0.717, 1.165) is 12.1 Å². The maximum atomic E-state index is 12.9. The Morgan fingerprint density at radius 3 is 2.62 bits per heavy atom. The lowest BCUT2D eigenvalue weighted by Crippen LogP contribution is -2.21. The molecular formula is C16H11ClF3N3O. The number of alkyl halides is 3. The Morgan fingerprint density at radius 2 is 1.92 bits per heavy atom. The highest BCUT2D eigenvalue weighted by Crippen LogP contribution is 2.35. The van der Waals surface area contributed by atoms with Crippen LogP contribution in [0.1, 0.15) is 11.1 Å². The van der Waals surface area contributed by atoms with Crippen molar-refractivity contribution in [2.24, 2.45) is 0 Å². The molecule has 0 fully saturated rings. The molecule has 0 aliphatic heterocycles. The summed E-state index contributed by atoms with van der Waals surface area (Å²) in [5.41, 5.74) is 5.52. The van der Waals surface area contributed by atoms with Crippen molar-refractivity contribution < 1.29 is 13.2 Å². The fraction of sp³-hybridized carbons (Fsp3) is 0.125. The minimum Gasteiger partial charge on any atom is -0.399 e. The molecule has 0 radical (unpaired) electrons. The van der Waals surface area contributed by atoms with Gasteiger partial charge < -0.3 is 5.73 Å². The van der Waals surface area contributed by atoms with E-state index in [0.29, 0.717) is 22.2 Å². The van der Waals surface area contributed by atoms with Crippen molar-refractivity contribution in [2.45, 2.75) is 12.7 Å². The van der Waals surface area contributed by atoms with Crippen molar-refractivity contribution in [3.05, 3.63) is 69.2 Å². The number of halogens is 4. The Labute approximate surface area is 139 Å². The molecule has 1 aromatic heterocycles.